The predicted molar refractivity (Wildman–Crippen MR) is 139 cm³/mol. The number of amides is 1. The molecular formula is C29H30N4O. The van der Waals surface area contributed by atoms with Gasteiger partial charge in [-0.1, -0.05) is 55.7 Å². The molecule has 1 amide bonds. The number of nitrogens with zero attached hydrogens (tertiary/aromatic N) is 2. The maximum absolute atomic E-state index is 12.8. The molecule has 2 N–H and O–H groups in total. The number of anilines is 3. The molecule has 5 heteroatoms. The molecule has 1 saturated carbocycles. The number of aryl methyl sites for hydroxylation is 2. The van der Waals surface area contributed by atoms with Crippen molar-refractivity contribution >= 4 is 34.1 Å². The molecule has 5 nitrogen and oxygen atoms in total. The van der Waals surface area contributed by atoms with Crippen LogP contribution in [0.25, 0.3) is 10.9 Å². The van der Waals surface area contributed by atoms with Crippen LogP contribution in [0.2, 0.25) is 0 Å². The van der Waals surface area contributed by atoms with Gasteiger partial charge in [-0.15, -0.1) is 0 Å². The monoisotopic (exact) mass is 450 g/mol. The first kappa shape index (κ1) is 22.1. The Morgan fingerprint density at radius 2 is 1.53 bits per heavy atom. The summed E-state index contributed by atoms with van der Waals surface area (Å²) in [7, 11) is 0. The number of aromatic nitrogens is 2. The number of carbonyl (C=O) groups is 1. The Bertz CT molecular complexity index is 1300. The van der Waals surface area contributed by atoms with Gasteiger partial charge in [0.05, 0.1) is 11.2 Å². The van der Waals surface area contributed by atoms with Crippen molar-refractivity contribution in [2.75, 3.05) is 10.6 Å². The van der Waals surface area contributed by atoms with Gasteiger partial charge in [-0.25, -0.2) is 9.97 Å². The molecule has 1 fully saturated rings. The molecule has 0 spiro atoms. The zero-order chi connectivity index (χ0) is 23.5. The molecule has 0 saturated heterocycles. The van der Waals surface area contributed by atoms with Gasteiger partial charge in [-0.2, -0.15) is 0 Å². The van der Waals surface area contributed by atoms with Gasteiger partial charge in [0.15, 0.2) is 0 Å². The molecule has 0 radical (unpaired) electrons. The van der Waals surface area contributed by atoms with Crippen LogP contribution in [0, 0.1) is 13.8 Å². The van der Waals surface area contributed by atoms with Crippen molar-refractivity contribution in [3.05, 3.63) is 89.1 Å². The van der Waals surface area contributed by atoms with Crippen molar-refractivity contribution in [3.8, 4) is 0 Å². The van der Waals surface area contributed by atoms with Crippen molar-refractivity contribution < 1.29 is 4.79 Å². The van der Waals surface area contributed by atoms with Crippen molar-refractivity contribution in [1.29, 1.82) is 0 Å². The topological polar surface area (TPSA) is 66.9 Å². The first-order chi connectivity index (χ1) is 16.6. The molecule has 1 aliphatic carbocycles. The minimum atomic E-state index is -0.120. The molecule has 0 aliphatic heterocycles. The van der Waals surface area contributed by atoms with Crippen LogP contribution >= 0.6 is 0 Å². The van der Waals surface area contributed by atoms with E-state index in [2.05, 4.69) is 28.8 Å². The van der Waals surface area contributed by atoms with Crippen LogP contribution in [0.3, 0.4) is 0 Å². The summed E-state index contributed by atoms with van der Waals surface area (Å²) < 4.78 is 0. The molecular weight excluding hydrogens is 420 g/mol. The van der Waals surface area contributed by atoms with E-state index in [0.29, 0.717) is 17.4 Å². The third-order valence-electron chi connectivity index (χ3n) is 6.75. The van der Waals surface area contributed by atoms with Crippen molar-refractivity contribution in [2.24, 2.45) is 0 Å². The Labute approximate surface area is 200 Å². The highest BCUT2D eigenvalue weighted by Gasteiger charge is 2.20. The number of nitrogens with one attached hydrogen (secondary N) is 2. The lowest BCUT2D eigenvalue weighted by Crippen LogP contribution is -2.13. The van der Waals surface area contributed by atoms with Gasteiger partial charge in [0.25, 0.3) is 5.91 Å². The van der Waals surface area contributed by atoms with Crippen LogP contribution in [0.1, 0.15) is 65.2 Å². The normalized spacial score (nSPS) is 14.2. The van der Waals surface area contributed by atoms with Gasteiger partial charge >= 0.3 is 0 Å². The highest BCUT2D eigenvalue weighted by Crippen LogP contribution is 2.35. The third kappa shape index (κ3) is 4.65. The number of para-hydroxylation sites is 2. The second-order valence-corrected chi connectivity index (χ2v) is 9.21. The Balaban J connectivity index is 1.36. The molecule has 1 aliphatic rings. The second-order valence-electron chi connectivity index (χ2n) is 9.21. The van der Waals surface area contributed by atoms with E-state index in [9.17, 15) is 4.79 Å². The zero-order valence-corrected chi connectivity index (χ0v) is 19.8. The minimum Gasteiger partial charge on any atom is -0.324 e. The summed E-state index contributed by atoms with van der Waals surface area (Å²) >= 11 is 0. The van der Waals surface area contributed by atoms with Gasteiger partial charge in [0, 0.05) is 28.2 Å². The fraction of sp³-hybridized carbons (Fsp3) is 0.276. The number of fused-ring (bicyclic) bond motifs is 1. The van der Waals surface area contributed by atoms with Crippen LogP contribution < -0.4 is 10.6 Å². The molecule has 0 unspecified atom stereocenters. The molecule has 3 aromatic carbocycles. The maximum Gasteiger partial charge on any atom is 0.255 e. The lowest BCUT2D eigenvalue weighted by molar-refractivity contribution is 0.102. The molecule has 172 valence electrons. The van der Waals surface area contributed by atoms with E-state index in [1.54, 1.807) is 0 Å². The van der Waals surface area contributed by atoms with E-state index in [-0.39, 0.29) is 5.91 Å². The van der Waals surface area contributed by atoms with Gasteiger partial charge in [0.2, 0.25) is 5.95 Å². The summed E-state index contributed by atoms with van der Waals surface area (Å²) in [5.74, 6) is 0.968. The Hall–Kier alpha value is -3.73. The van der Waals surface area contributed by atoms with Gasteiger partial charge in [-0.05, 0) is 68.1 Å². The molecule has 34 heavy (non-hydrogen) atoms. The molecule has 0 atom stereocenters. The molecule has 1 heterocycles. The number of benzene rings is 3. The van der Waals surface area contributed by atoms with Crippen molar-refractivity contribution in [2.45, 2.75) is 51.9 Å². The summed E-state index contributed by atoms with van der Waals surface area (Å²) in [6, 6.07) is 21.7. The number of rotatable bonds is 5. The lowest BCUT2D eigenvalue weighted by Gasteiger charge is -2.23. The Morgan fingerprint density at radius 3 is 2.26 bits per heavy atom. The maximum atomic E-state index is 12.8. The van der Waals surface area contributed by atoms with E-state index in [4.69, 9.17) is 9.97 Å². The smallest absolute Gasteiger partial charge is 0.255 e. The quantitative estimate of drug-likeness (QED) is 0.335. The van der Waals surface area contributed by atoms with E-state index < -0.39 is 0 Å². The highest BCUT2D eigenvalue weighted by atomic mass is 16.1. The SMILES string of the molecule is Cc1cccc(C)c1NC(=O)c1ccc(Nc2nc(C3CCCCC3)c3ccccc3n2)cc1. The number of hydrogen-bond donors (Lipinski definition) is 2. The lowest BCUT2D eigenvalue weighted by atomic mass is 9.85. The predicted octanol–water partition coefficient (Wildman–Crippen LogP) is 7.29. The molecule has 1 aromatic heterocycles. The van der Waals surface area contributed by atoms with Crippen LogP contribution in [-0.4, -0.2) is 15.9 Å². The minimum absolute atomic E-state index is 0.120. The van der Waals surface area contributed by atoms with Gasteiger partial charge < -0.3 is 10.6 Å². The van der Waals surface area contributed by atoms with E-state index in [0.717, 1.165) is 39.1 Å². The average molecular weight is 451 g/mol. The number of hydrogen-bond acceptors (Lipinski definition) is 4. The molecule has 4 aromatic rings. The Morgan fingerprint density at radius 1 is 0.824 bits per heavy atom. The summed E-state index contributed by atoms with van der Waals surface area (Å²) in [5, 5.41) is 7.55. The number of carbonyl (C=O) groups excluding carboxylic acids is 1. The largest absolute Gasteiger partial charge is 0.324 e. The summed E-state index contributed by atoms with van der Waals surface area (Å²) in [5.41, 5.74) is 6.55. The van der Waals surface area contributed by atoms with Gasteiger partial charge in [0.1, 0.15) is 0 Å². The van der Waals surface area contributed by atoms with Crippen molar-refractivity contribution in [1.82, 2.24) is 9.97 Å². The first-order valence-corrected chi connectivity index (χ1v) is 12.1. The van der Waals surface area contributed by atoms with E-state index in [1.165, 1.54) is 32.1 Å². The van der Waals surface area contributed by atoms with E-state index >= 15 is 0 Å². The Kier molecular flexibility index (Phi) is 6.26. The summed E-state index contributed by atoms with van der Waals surface area (Å²) in [6.45, 7) is 4.00. The highest BCUT2D eigenvalue weighted by molar-refractivity contribution is 6.05. The average Bonchev–Trinajstić information content (AvgIpc) is 2.87. The zero-order valence-electron chi connectivity index (χ0n) is 19.8. The van der Waals surface area contributed by atoms with Crippen LogP contribution in [0.4, 0.5) is 17.3 Å². The van der Waals surface area contributed by atoms with Crippen molar-refractivity contribution in [3.63, 3.8) is 0 Å². The molecule has 0 bridgehead atoms. The fourth-order valence-corrected chi connectivity index (χ4v) is 4.88. The standard InChI is InChI=1S/C29H30N4O/c1-19-9-8-10-20(2)26(19)32-28(34)22-15-17-23(18-16-22)30-29-31-25-14-7-6-13-24(25)27(33-29)21-11-4-3-5-12-21/h6-10,13-18,21H,3-5,11-12H2,1-2H3,(H,32,34)(H,30,31,33). The summed E-state index contributed by atoms with van der Waals surface area (Å²) in [4.78, 5) is 22.5. The molecule has 5 rings (SSSR count). The fourth-order valence-electron chi connectivity index (χ4n) is 4.88. The van der Waals surface area contributed by atoms with Gasteiger partial charge in [-0.3, -0.25) is 4.79 Å². The third-order valence-corrected chi connectivity index (χ3v) is 6.75. The van der Waals surface area contributed by atoms with Crippen LogP contribution in [-0.2, 0) is 0 Å². The first-order valence-electron chi connectivity index (χ1n) is 12.1. The summed E-state index contributed by atoms with van der Waals surface area (Å²) in [6.07, 6.45) is 6.21. The van der Waals surface area contributed by atoms with E-state index in [1.807, 2.05) is 62.4 Å². The second kappa shape index (κ2) is 9.64. The van der Waals surface area contributed by atoms with Crippen LogP contribution in [0.5, 0.6) is 0 Å². The van der Waals surface area contributed by atoms with Crippen LogP contribution in [0.15, 0.2) is 66.7 Å².